The molecule has 5 heteroatoms. The Kier molecular flexibility index (Phi) is 3.78. The molecule has 1 heterocycles. The third kappa shape index (κ3) is 2.59. The summed E-state index contributed by atoms with van der Waals surface area (Å²) < 4.78 is 5.17. The van der Waals surface area contributed by atoms with Gasteiger partial charge in [-0.3, -0.25) is 4.79 Å². The molecule has 2 aliphatic rings. The third-order valence-corrected chi connectivity index (χ3v) is 5.04. The van der Waals surface area contributed by atoms with Crippen LogP contribution in [0.3, 0.4) is 0 Å². The lowest BCUT2D eigenvalue weighted by Gasteiger charge is -2.12. The topological polar surface area (TPSA) is 55.4 Å². The van der Waals surface area contributed by atoms with Crippen molar-refractivity contribution in [1.29, 1.82) is 0 Å². The fourth-order valence-electron chi connectivity index (χ4n) is 2.63. The molecule has 0 spiro atoms. The van der Waals surface area contributed by atoms with E-state index in [9.17, 15) is 9.59 Å². The molecule has 1 aromatic heterocycles. The minimum Gasteiger partial charge on any atom is -0.462 e. The number of fused-ring (bicyclic) bond motifs is 1. The van der Waals surface area contributed by atoms with Crippen molar-refractivity contribution in [3.63, 3.8) is 0 Å². The van der Waals surface area contributed by atoms with Crippen LogP contribution in [0.5, 0.6) is 0 Å². The Morgan fingerprint density at radius 1 is 1.30 bits per heavy atom. The normalized spacial score (nSPS) is 17.4. The van der Waals surface area contributed by atoms with Crippen molar-refractivity contribution >= 4 is 28.2 Å². The van der Waals surface area contributed by atoms with Crippen molar-refractivity contribution in [3.05, 3.63) is 16.0 Å². The summed E-state index contributed by atoms with van der Waals surface area (Å²) in [4.78, 5) is 25.4. The fraction of sp³-hybridized carbons (Fsp3) is 0.600. The predicted molar refractivity (Wildman–Crippen MR) is 78.3 cm³/mol. The molecule has 0 unspecified atom stereocenters. The minimum absolute atomic E-state index is 0.0501. The molecule has 0 aromatic carbocycles. The van der Waals surface area contributed by atoms with Gasteiger partial charge >= 0.3 is 5.97 Å². The van der Waals surface area contributed by atoms with Crippen LogP contribution in [0.2, 0.25) is 0 Å². The van der Waals surface area contributed by atoms with Gasteiger partial charge < -0.3 is 10.1 Å². The SMILES string of the molecule is CCOC(=O)c1c(NC(=O)C2CC2)sc2c1CCCC2. The number of esters is 1. The van der Waals surface area contributed by atoms with E-state index in [1.54, 1.807) is 18.3 Å². The second-order valence-electron chi connectivity index (χ2n) is 5.40. The molecule has 0 atom stereocenters. The summed E-state index contributed by atoms with van der Waals surface area (Å²) in [5.41, 5.74) is 1.71. The summed E-state index contributed by atoms with van der Waals surface area (Å²) in [6.07, 6.45) is 6.11. The first kappa shape index (κ1) is 13.6. The molecule has 0 radical (unpaired) electrons. The molecular weight excluding hydrogens is 274 g/mol. The van der Waals surface area contributed by atoms with E-state index in [1.807, 2.05) is 0 Å². The molecule has 0 aliphatic heterocycles. The van der Waals surface area contributed by atoms with Crippen molar-refractivity contribution in [3.8, 4) is 0 Å². The van der Waals surface area contributed by atoms with Crippen LogP contribution in [0, 0.1) is 5.92 Å². The maximum atomic E-state index is 12.2. The van der Waals surface area contributed by atoms with E-state index in [-0.39, 0.29) is 17.8 Å². The Bertz CT molecular complexity index is 546. The van der Waals surface area contributed by atoms with Crippen molar-refractivity contribution in [2.45, 2.75) is 45.4 Å². The Balaban J connectivity index is 1.91. The molecule has 108 valence electrons. The van der Waals surface area contributed by atoms with Gasteiger partial charge in [-0.1, -0.05) is 0 Å². The van der Waals surface area contributed by atoms with E-state index >= 15 is 0 Å². The van der Waals surface area contributed by atoms with Crippen LogP contribution in [0.1, 0.15) is 53.4 Å². The van der Waals surface area contributed by atoms with Gasteiger partial charge in [0, 0.05) is 10.8 Å². The molecule has 4 nitrogen and oxygen atoms in total. The lowest BCUT2D eigenvalue weighted by molar-refractivity contribution is -0.117. The van der Waals surface area contributed by atoms with Crippen molar-refractivity contribution in [1.82, 2.24) is 0 Å². The van der Waals surface area contributed by atoms with Gasteiger partial charge in [-0.25, -0.2) is 4.79 Å². The second kappa shape index (κ2) is 5.56. The number of nitrogens with one attached hydrogen (secondary N) is 1. The number of anilines is 1. The lowest BCUT2D eigenvalue weighted by atomic mass is 9.95. The zero-order valence-corrected chi connectivity index (χ0v) is 12.5. The van der Waals surface area contributed by atoms with Gasteiger partial charge in [-0.05, 0) is 51.0 Å². The first-order valence-corrected chi connectivity index (χ1v) is 8.15. The summed E-state index contributed by atoms with van der Waals surface area (Å²) in [5.74, 6) is -0.101. The Labute approximate surface area is 122 Å². The lowest BCUT2D eigenvalue weighted by Crippen LogP contribution is -2.16. The summed E-state index contributed by atoms with van der Waals surface area (Å²) in [6, 6.07) is 0. The van der Waals surface area contributed by atoms with Gasteiger partial charge in [0.25, 0.3) is 0 Å². The first-order valence-electron chi connectivity index (χ1n) is 7.33. The summed E-state index contributed by atoms with van der Waals surface area (Å²) in [7, 11) is 0. The average molecular weight is 293 g/mol. The zero-order chi connectivity index (χ0) is 14.1. The van der Waals surface area contributed by atoms with Crippen LogP contribution in [-0.4, -0.2) is 18.5 Å². The Morgan fingerprint density at radius 2 is 2.05 bits per heavy atom. The van der Waals surface area contributed by atoms with Crippen molar-refractivity contribution in [2.24, 2.45) is 5.92 Å². The van der Waals surface area contributed by atoms with Gasteiger partial charge in [0.1, 0.15) is 5.00 Å². The highest BCUT2D eigenvalue weighted by Gasteiger charge is 2.32. The van der Waals surface area contributed by atoms with Crippen LogP contribution in [0.15, 0.2) is 0 Å². The maximum absolute atomic E-state index is 12.2. The first-order chi connectivity index (χ1) is 9.70. The Hall–Kier alpha value is -1.36. The number of rotatable bonds is 4. The molecule has 1 saturated carbocycles. The molecule has 1 aromatic rings. The minimum atomic E-state index is -0.294. The number of hydrogen-bond donors (Lipinski definition) is 1. The van der Waals surface area contributed by atoms with E-state index in [2.05, 4.69) is 5.32 Å². The molecule has 20 heavy (non-hydrogen) atoms. The number of thiophene rings is 1. The number of carbonyl (C=O) groups is 2. The number of amides is 1. The quantitative estimate of drug-likeness (QED) is 0.868. The van der Waals surface area contributed by atoms with Gasteiger partial charge in [0.2, 0.25) is 5.91 Å². The monoisotopic (exact) mass is 293 g/mol. The number of carbonyl (C=O) groups excluding carboxylic acids is 2. The van der Waals surface area contributed by atoms with Crippen LogP contribution >= 0.6 is 11.3 Å². The van der Waals surface area contributed by atoms with Gasteiger partial charge in [-0.15, -0.1) is 11.3 Å². The van der Waals surface area contributed by atoms with E-state index in [4.69, 9.17) is 4.74 Å². The van der Waals surface area contributed by atoms with E-state index in [0.29, 0.717) is 17.2 Å². The van der Waals surface area contributed by atoms with Crippen molar-refractivity contribution < 1.29 is 14.3 Å². The second-order valence-corrected chi connectivity index (χ2v) is 6.50. The van der Waals surface area contributed by atoms with Gasteiger partial charge in [-0.2, -0.15) is 0 Å². The smallest absolute Gasteiger partial charge is 0.341 e. The van der Waals surface area contributed by atoms with Crippen LogP contribution < -0.4 is 5.32 Å². The molecular formula is C15H19NO3S. The maximum Gasteiger partial charge on any atom is 0.341 e. The molecule has 2 aliphatic carbocycles. The standard InChI is InChI=1S/C15H19NO3S/c1-2-19-15(18)12-10-5-3-4-6-11(10)20-14(12)16-13(17)9-7-8-9/h9H,2-8H2,1H3,(H,16,17). The van der Waals surface area contributed by atoms with E-state index < -0.39 is 0 Å². The van der Waals surface area contributed by atoms with Gasteiger partial charge in [0.15, 0.2) is 0 Å². The van der Waals surface area contributed by atoms with Gasteiger partial charge in [0.05, 0.1) is 12.2 Å². The summed E-state index contributed by atoms with van der Waals surface area (Å²) in [6.45, 7) is 2.17. The fourth-order valence-corrected chi connectivity index (χ4v) is 3.91. The van der Waals surface area contributed by atoms with Crippen LogP contribution in [-0.2, 0) is 22.4 Å². The van der Waals surface area contributed by atoms with E-state index in [0.717, 1.165) is 44.1 Å². The largest absolute Gasteiger partial charge is 0.462 e. The van der Waals surface area contributed by atoms with E-state index in [1.165, 1.54) is 4.88 Å². The molecule has 0 saturated heterocycles. The highest BCUT2D eigenvalue weighted by Crippen LogP contribution is 2.40. The number of hydrogen-bond acceptors (Lipinski definition) is 4. The third-order valence-electron chi connectivity index (χ3n) is 3.84. The number of aryl methyl sites for hydroxylation is 1. The Morgan fingerprint density at radius 3 is 2.75 bits per heavy atom. The molecule has 1 amide bonds. The molecule has 1 fully saturated rings. The summed E-state index contributed by atoms with van der Waals surface area (Å²) >= 11 is 1.56. The van der Waals surface area contributed by atoms with Crippen LogP contribution in [0.4, 0.5) is 5.00 Å². The highest BCUT2D eigenvalue weighted by atomic mass is 32.1. The van der Waals surface area contributed by atoms with Crippen molar-refractivity contribution in [2.75, 3.05) is 11.9 Å². The predicted octanol–water partition coefficient (Wildman–Crippen LogP) is 3.15. The summed E-state index contributed by atoms with van der Waals surface area (Å²) in [5, 5.41) is 3.65. The highest BCUT2D eigenvalue weighted by molar-refractivity contribution is 7.17. The zero-order valence-electron chi connectivity index (χ0n) is 11.7. The molecule has 0 bridgehead atoms. The molecule has 1 N–H and O–H groups in total. The number of ether oxygens (including phenoxy) is 1. The average Bonchev–Trinajstić information content (AvgIpc) is 3.21. The van der Waals surface area contributed by atoms with Crippen LogP contribution in [0.25, 0.3) is 0 Å². The molecule has 3 rings (SSSR count).